The van der Waals surface area contributed by atoms with Gasteiger partial charge in [-0.05, 0) is 6.07 Å². The largest absolute Gasteiger partial charge is 0.323 e. The van der Waals surface area contributed by atoms with Crippen molar-refractivity contribution in [2.45, 2.75) is 6.42 Å². The Hall–Kier alpha value is -2.11. The van der Waals surface area contributed by atoms with E-state index in [9.17, 15) is 4.79 Å². The summed E-state index contributed by atoms with van der Waals surface area (Å²) in [5, 5.41) is 15.5. The molecule has 0 saturated carbocycles. The number of nitrogens with zero attached hydrogens (tertiary/aromatic N) is 2. The molecule has 0 atom stereocenters. The standard InChI is InChI=1S/C8H9N5O/c14-8(3-6-1-2-9-13-6)12-7-4-10-11-5-7/h1-2,4-5H,3H2,(H,9,13)(H,10,11)(H,12,14). The average Bonchev–Trinajstić information content (AvgIpc) is 2.76. The van der Waals surface area contributed by atoms with Crippen LogP contribution in [0.4, 0.5) is 5.69 Å². The molecule has 0 aliphatic rings. The normalized spacial score (nSPS) is 10.0. The summed E-state index contributed by atoms with van der Waals surface area (Å²) >= 11 is 0. The van der Waals surface area contributed by atoms with Crippen LogP contribution in [-0.4, -0.2) is 26.3 Å². The summed E-state index contributed by atoms with van der Waals surface area (Å²) in [4.78, 5) is 11.4. The molecule has 0 fully saturated rings. The third-order valence-corrected chi connectivity index (χ3v) is 1.69. The number of carbonyl (C=O) groups excluding carboxylic acids is 1. The first-order valence-corrected chi connectivity index (χ1v) is 4.11. The molecule has 0 unspecified atom stereocenters. The smallest absolute Gasteiger partial charge is 0.230 e. The number of H-pyrrole nitrogens is 2. The van der Waals surface area contributed by atoms with Gasteiger partial charge in [-0.2, -0.15) is 10.2 Å². The Labute approximate surface area is 79.7 Å². The van der Waals surface area contributed by atoms with Crippen molar-refractivity contribution < 1.29 is 4.79 Å². The second-order valence-corrected chi connectivity index (χ2v) is 2.79. The quantitative estimate of drug-likeness (QED) is 0.652. The monoisotopic (exact) mass is 191 g/mol. The van der Waals surface area contributed by atoms with E-state index in [0.29, 0.717) is 5.69 Å². The second-order valence-electron chi connectivity index (χ2n) is 2.79. The van der Waals surface area contributed by atoms with Crippen LogP contribution in [0.2, 0.25) is 0 Å². The lowest BCUT2D eigenvalue weighted by molar-refractivity contribution is -0.115. The lowest BCUT2D eigenvalue weighted by atomic mass is 10.3. The fourth-order valence-electron chi connectivity index (χ4n) is 1.08. The number of nitrogens with one attached hydrogen (secondary N) is 3. The van der Waals surface area contributed by atoms with Crippen LogP contribution in [0.25, 0.3) is 0 Å². The zero-order valence-corrected chi connectivity index (χ0v) is 7.32. The molecule has 0 aliphatic heterocycles. The average molecular weight is 191 g/mol. The van der Waals surface area contributed by atoms with Crippen molar-refractivity contribution in [1.82, 2.24) is 20.4 Å². The number of aromatic amines is 2. The van der Waals surface area contributed by atoms with E-state index in [4.69, 9.17) is 0 Å². The molecule has 2 heterocycles. The highest BCUT2D eigenvalue weighted by atomic mass is 16.1. The molecule has 0 spiro atoms. The van der Waals surface area contributed by atoms with Gasteiger partial charge in [0.2, 0.25) is 5.91 Å². The zero-order chi connectivity index (χ0) is 9.80. The Balaban J connectivity index is 1.91. The first kappa shape index (κ1) is 8.49. The van der Waals surface area contributed by atoms with Crippen LogP contribution in [0.15, 0.2) is 24.7 Å². The Morgan fingerprint density at radius 2 is 2.43 bits per heavy atom. The summed E-state index contributed by atoms with van der Waals surface area (Å²) in [5.74, 6) is -0.101. The Morgan fingerprint density at radius 3 is 3.07 bits per heavy atom. The summed E-state index contributed by atoms with van der Waals surface area (Å²) in [7, 11) is 0. The predicted molar refractivity (Wildman–Crippen MR) is 49.5 cm³/mol. The Morgan fingerprint density at radius 1 is 1.50 bits per heavy atom. The molecule has 14 heavy (non-hydrogen) atoms. The number of hydrogen-bond acceptors (Lipinski definition) is 3. The van der Waals surface area contributed by atoms with Gasteiger partial charge in [0.15, 0.2) is 0 Å². The molecular formula is C8H9N5O. The van der Waals surface area contributed by atoms with Gasteiger partial charge in [-0.25, -0.2) is 0 Å². The minimum absolute atomic E-state index is 0.101. The van der Waals surface area contributed by atoms with Gasteiger partial charge in [0.05, 0.1) is 18.3 Å². The zero-order valence-electron chi connectivity index (χ0n) is 7.32. The van der Waals surface area contributed by atoms with E-state index in [0.717, 1.165) is 5.69 Å². The maximum absolute atomic E-state index is 11.4. The molecule has 2 aromatic rings. The first-order valence-electron chi connectivity index (χ1n) is 4.11. The van der Waals surface area contributed by atoms with E-state index < -0.39 is 0 Å². The second kappa shape index (κ2) is 3.73. The molecule has 6 nitrogen and oxygen atoms in total. The van der Waals surface area contributed by atoms with Gasteiger partial charge in [-0.1, -0.05) is 0 Å². The fourth-order valence-corrected chi connectivity index (χ4v) is 1.08. The number of amides is 1. The van der Waals surface area contributed by atoms with Crippen LogP contribution in [0.1, 0.15) is 5.69 Å². The summed E-state index contributed by atoms with van der Waals surface area (Å²) in [6, 6.07) is 1.76. The predicted octanol–water partition coefficient (Wildman–Crippen LogP) is 0.314. The molecular weight excluding hydrogens is 182 g/mol. The van der Waals surface area contributed by atoms with Gasteiger partial charge in [0.25, 0.3) is 0 Å². The maximum atomic E-state index is 11.4. The lowest BCUT2D eigenvalue weighted by Crippen LogP contribution is -2.14. The van der Waals surface area contributed by atoms with Gasteiger partial charge in [-0.3, -0.25) is 15.0 Å². The van der Waals surface area contributed by atoms with Crippen LogP contribution in [0.5, 0.6) is 0 Å². The topological polar surface area (TPSA) is 86.5 Å². The SMILES string of the molecule is O=C(Cc1ccn[nH]1)Nc1cn[nH]c1. The van der Waals surface area contributed by atoms with E-state index in [2.05, 4.69) is 25.7 Å². The third kappa shape index (κ3) is 1.98. The first-order chi connectivity index (χ1) is 6.84. The lowest BCUT2D eigenvalue weighted by Gasteiger charge is -1.99. The molecule has 0 radical (unpaired) electrons. The van der Waals surface area contributed by atoms with Crippen molar-refractivity contribution in [3.05, 3.63) is 30.4 Å². The minimum atomic E-state index is -0.101. The van der Waals surface area contributed by atoms with Crippen LogP contribution in [0.3, 0.4) is 0 Å². The molecule has 3 N–H and O–H groups in total. The summed E-state index contributed by atoms with van der Waals surface area (Å²) in [5.41, 5.74) is 1.44. The van der Waals surface area contributed by atoms with Gasteiger partial charge < -0.3 is 5.32 Å². The van der Waals surface area contributed by atoms with E-state index in [1.807, 2.05) is 0 Å². The molecule has 2 aromatic heterocycles. The molecule has 0 saturated heterocycles. The van der Waals surface area contributed by atoms with Crippen LogP contribution >= 0.6 is 0 Å². The third-order valence-electron chi connectivity index (χ3n) is 1.69. The highest BCUT2D eigenvalue weighted by Crippen LogP contribution is 2.02. The molecule has 0 bridgehead atoms. The van der Waals surface area contributed by atoms with Gasteiger partial charge in [-0.15, -0.1) is 0 Å². The van der Waals surface area contributed by atoms with Crippen molar-refractivity contribution in [2.75, 3.05) is 5.32 Å². The van der Waals surface area contributed by atoms with Crippen molar-refractivity contribution in [3.63, 3.8) is 0 Å². The van der Waals surface area contributed by atoms with Crippen molar-refractivity contribution in [1.29, 1.82) is 0 Å². The maximum Gasteiger partial charge on any atom is 0.230 e. The van der Waals surface area contributed by atoms with Crippen LogP contribution in [-0.2, 0) is 11.2 Å². The molecule has 6 heteroatoms. The summed E-state index contributed by atoms with van der Waals surface area (Å²) < 4.78 is 0. The molecule has 0 aliphatic carbocycles. The van der Waals surface area contributed by atoms with E-state index >= 15 is 0 Å². The molecule has 2 rings (SSSR count). The van der Waals surface area contributed by atoms with Crippen molar-refractivity contribution in [2.24, 2.45) is 0 Å². The summed E-state index contributed by atoms with van der Waals surface area (Å²) in [6.45, 7) is 0. The van der Waals surface area contributed by atoms with E-state index in [1.165, 1.54) is 0 Å². The molecule has 0 aromatic carbocycles. The van der Waals surface area contributed by atoms with E-state index in [-0.39, 0.29) is 12.3 Å². The van der Waals surface area contributed by atoms with E-state index in [1.54, 1.807) is 24.7 Å². The van der Waals surface area contributed by atoms with Crippen molar-refractivity contribution >= 4 is 11.6 Å². The highest BCUT2D eigenvalue weighted by molar-refractivity contribution is 5.91. The minimum Gasteiger partial charge on any atom is -0.323 e. The van der Waals surface area contributed by atoms with Crippen LogP contribution < -0.4 is 5.32 Å². The Bertz CT molecular complexity index is 353. The van der Waals surface area contributed by atoms with Gasteiger partial charge in [0, 0.05) is 18.1 Å². The number of aromatic nitrogens is 4. The number of carbonyl (C=O) groups is 1. The summed E-state index contributed by atoms with van der Waals surface area (Å²) in [6.07, 6.45) is 5.06. The number of anilines is 1. The van der Waals surface area contributed by atoms with Crippen molar-refractivity contribution in [3.8, 4) is 0 Å². The Kier molecular flexibility index (Phi) is 2.26. The van der Waals surface area contributed by atoms with Gasteiger partial charge in [0.1, 0.15) is 0 Å². The number of rotatable bonds is 3. The molecule has 1 amide bonds. The highest BCUT2D eigenvalue weighted by Gasteiger charge is 2.04. The molecule has 72 valence electrons. The fraction of sp³-hybridized carbons (Fsp3) is 0.125. The van der Waals surface area contributed by atoms with Crippen LogP contribution in [0, 0.1) is 0 Å². The van der Waals surface area contributed by atoms with Gasteiger partial charge >= 0.3 is 0 Å². The number of hydrogen-bond donors (Lipinski definition) is 3.